The van der Waals surface area contributed by atoms with E-state index in [2.05, 4.69) is 20.9 Å². The van der Waals surface area contributed by atoms with Crippen molar-refractivity contribution in [2.24, 2.45) is 4.99 Å². The third-order valence-corrected chi connectivity index (χ3v) is 3.65. The Balaban J connectivity index is 3.17. The van der Waals surface area contributed by atoms with Crippen molar-refractivity contribution in [3.63, 3.8) is 0 Å². The Kier molecular flexibility index (Phi) is 4.08. The van der Waals surface area contributed by atoms with Gasteiger partial charge in [0.25, 0.3) is 0 Å². The van der Waals surface area contributed by atoms with E-state index in [1.165, 1.54) is 13.0 Å². The molecule has 0 aromatic heterocycles. The molecule has 1 aromatic rings. The van der Waals surface area contributed by atoms with E-state index >= 15 is 0 Å². The Morgan fingerprint density at radius 2 is 2.27 bits per heavy atom. The third-order valence-electron chi connectivity index (χ3n) is 1.93. The zero-order valence-corrected chi connectivity index (χ0v) is 10.7. The highest BCUT2D eigenvalue weighted by Gasteiger charge is 2.25. The van der Waals surface area contributed by atoms with Gasteiger partial charge in [-0.2, -0.15) is 4.99 Å². The van der Waals surface area contributed by atoms with Gasteiger partial charge in [-0.05, 0) is 41.2 Å². The zero-order valence-electron chi connectivity index (χ0n) is 8.25. The van der Waals surface area contributed by atoms with Crippen LogP contribution in [0.1, 0.15) is 12.5 Å². The first-order chi connectivity index (χ1) is 7.01. The van der Waals surface area contributed by atoms with Crippen molar-refractivity contribution in [2.45, 2.75) is 17.6 Å². The summed E-state index contributed by atoms with van der Waals surface area (Å²) in [7, 11) is 0. The Morgan fingerprint density at radius 1 is 1.60 bits per heavy atom. The molecule has 1 aromatic carbocycles. The second kappa shape index (κ2) is 4.92. The first-order valence-electron chi connectivity index (χ1n) is 4.13. The highest BCUT2D eigenvalue weighted by molar-refractivity contribution is 9.10. The molecule has 1 rings (SSSR count). The minimum Gasteiger partial charge on any atom is -0.212 e. The van der Waals surface area contributed by atoms with Gasteiger partial charge in [-0.3, -0.25) is 0 Å². The Hall–Kier alpha value is -0.640. The Morgan fingerprint density at radius 3 is 2.73 bits per heavy atom. The number of hydrogen-bond donors (Lipinski definition) is 0. The van der Waals surface area contributed by atoms with Crippen LogP contribution in [0.3, 0.4) is 0 Å². The monoisotopic (exact) mass is 289 g/mol. The fourth-order valence-electron chi connectivity index (χ4n) is 1.10. The van der Waals surface area contributed by atoms with Crippen molar-refractivity contribution >= 4 is 33.8 Å². The summed E-state index contributed by atoms with van der Waals surface area (Å²) in [5, 5.41) is 0. The van der Waals surface area contributed by atoms with E-state index in [4.69, 9.17) is 0 Å². The van der Waals surface area contributed by atoms with Gasteiger partial charge in [0.2, 0.25) is 11.9 Å². The van der Waals surface area contributed by atoms with Crippen LogP contribution in [0.2, 0.25) is 0 Å². The molecule has 0 spiro atoms. The lowest BCUT2D eigenvalue weighted by Gasteiger charge is -2.14. The van der Waals surface area contributed by atoms with Crippen molar-refractivity contribution in [3.05, 3.63) is 28.2 Å². The van der Waals surface area contributed by atoms with Crippen molar-refractivity contribution in [1.29, 1.82) is 0 Å². The number of aliphatic imine (C=N–C) groups is 1. The molecule has 0 bridgehead atoms. The van der Waals surface area contributed by atoms with Crippen molar-refractivity contribution in [2.75, 3.05) is 6.26 Å². The molecule has 0 radical (unpaired) electrons. The molecular formula is C10H9BrFNOS. The van der Waals surface area contributed by atoms with Gasteiger partial charge in [0, 0.05) is 14.9 Å². The number of halogens is 2. The van der Waals surface area contributed by atoms with Crippen LogP contribution in [0, 0.1) is 0 Å². The second-order valence-electron chi connectivity index (χ2n) is 3.01. The van der Waals surface area contributed by atoms with Crippen LogP contribution in [-0.2, 0) is 10.6 Å². The fourth-order valence-corrected chi connectivity index (χ4v) is 2.42. The van der Waals surface area contributed by atoms with E-state index in [0.29, 0.717) is 5.56 Å². The lowest BCUT2D eigenvalue weighted by atomic mass is 10.1. The summed E-state index contributed by atoms with van der Waals surface area (Å²) in [5.41, 5.74) is 0.329. The molecule has 0 saturated heterocycles. The largest absolute Gasteiger partial charge is 0.238 e. The number of benzene rings is 1. The van der Waals surface area contributed by atoms with Crippen LogP contribution in [0.5, 0.6) is 0 Å². The van der Waals surface area contributed by atoms with Gasteiger partial charge in [0.15, 0.2) is 0 Å². The summed E-state index contributed by atoms with van der Waals surface area (Å²) in [5.74, 6) is -2.01. The summed E-state index contributed by atoms with van der Waals surface area (Å²) >= 11 is 4.87. The maximum atomic E-state index is 13.8. The van der Waals surface area contributed by atoms with Crippen LogP contribution in [-0.4, -0.2) is 12.3 Å². The average Bonchev–Trinajstić information content (AvgIpc) is 2.17. The summed E-state index contributed by atoms with van der Waals surface area (Å²) in [4.78, 5) is 14.2. The molecule has 0 heterocycles. The highest BCUT2D eigenvalue weighted by atomic mass is 79.9. The van der Waals surface area contributed by atoms with Gasteiger partial charge in [0.05, 0.1) is 0 Å². The first kappa shape index (κ1) is 12.4. The number of isocyanates is 1. The summed E-state index contributed by atoms with van der Waals surface area (Å²) in [6.07, 6.45) is 3.16. The summed E-state index contributed by atoms with van der Waals surface area (Å²) in [6.45, 7) is 1.22. The van der Waals surface area contributed by atoms with E-state index in [0.717, 1.165) is 9.37 Å². The Labute approximate surface area is 100 Å². The minimum atomic E-state index is -2.01. The molecule has 15 heavy (non-hydrogen) atoms. The average molecular weight is 290 g/mol. The Bertz CT molecular complexity index is 416. The smallest absolute Gasteiger partial charge is 0.212 e. The number of thioether (sulfide) groups is 1. The number of carbonyl (C=O) groups excluding carboxylic acids is 1. The van der Waals surface area contributed by atoms with Crippen LogP contribution in [0.4, 0.5) is 4.39 Å². The SMILES string of the molecule is CSc1ccc(C(C)(F)N=C=O)cc1Br. The van der Waals surface area contributed by atoms with E-state index in [9.17, 15) is 9.18 Å². The molecule has 0 amide bonds. The maximum absolute atomic E-state index is 13.8. The molecule has 80 valence electrons. The molecule has 0 aliphatic carbocycles. The molecular weight excluding hydrogens is 281 g/mol. The number of nitrogens with zero attached hydrogens (tertiary/aromatic N) is 1. The summed E-state index contributed by atoms with van der Waals surface area (Å²) in [6, 6.07) is 5.01. The van der Waals surface area contributed by atoms with Gasteiger partial charge >= 0.3 is 0 Å². The molecule has 5 heteroatoms. The van der Waals surface area contributed by atoms with Gasteiger partial charge in [-0.1, -0.05) is 6.07 Å². The van der Waals surface area contributed by atoms with Crippen LogP contribution >= 0.6 is 27.7 Å². The van der Waals surface area contributed by atoms with Crippen molar-refractivity contribution < 1.29 is 9.18 Å². The topological polar surface area (TPSA) is 29.4 Å². The number of hydrogen-bond acceptors (Lipinski definition) is 3. The van der Waals surface area contributed by atoms with Crippen LogP contribution < -0.4 is 0 Å². The molecule has 0 saturated carbocycles. The molecule has 1 unspecified atom stereocenters. The predicted molar refractivity (Wildman–Crippen MR) is 62.5 cm³/mol. The van der Waals surface area contributed by atoms with Gasteiger partial charge in [0.1, 0.15) is 0 Å². The lowest BCUT2D eigenvalue weighted by molar-refractivity contribution is 0.206. The second-order valence-corrected chi connectivity index (χ2v) is 4.71. The molecule has 0 aliphatic rings. The standard InChI is InChI=1S/C10H9BrFNOS/c1-10(12,13-6-14)7-3-4-9(15-2)8(11)5-7/h3-5H,1-2H3. The lowest BCUT2D eigenvalue weighted by Crippen LogP contribution is -2.11. The summed E-state index contributed by atoms with van der Waals surface area (Å²) < 4.78 is 14.6. The van der Waals surface area contributed by atoms with E-state index in [-0.39, 0.29) is 0 Å². The first-order valence-corrected chi connectivity index (χ1v) is 6.15. The van der Waals surface area contributed by atoms with Gasteiger partial charge in [-0.15, -0.1) is 11.8 Å². The highest BCUT2D eigenvalue weighted by Crippen LogP contribution is 2.33. The van der Waals surface area contributed by atoms with Crippen molar-refractivity contribution in [1.82, 2.24) is 0 Å². The molecule has 0 fully saturated rings. The van der Waals surface area contributed by atoms with Crippen LogP contribution in [0.15, 0.2) is 32.6 Å². The molecule has 0 N–H and O–H groups in total. The van der Waals surface area contributed by atoms with E-state index in [1.807, 2.05) is 6.26 Å². The minimum absolute atomic E-state index is 0.329. The van der Waals surface area contributed by atoms with Gasteiger partial charge in [-0.25, -0.2) is 9.18 Å². The predicted octanol–water partition coefficient (Wildman–Crippen LogP) is 3.65. The fraction of sp³-hybridized carbons (Fsp3) is 0.300. The van der Waals surface area contributed by atoms with E-state index in [1.54, 1.807) is 30.0 Å². The number of alkyl halides is 1. The zero-order chi connectivity index (χ0) is 11.5. The molecule has 0 aliphatic heterocycles. The normalized spacial score (nSPS) is 14.1. The van der Waals surface area contributed by atoms with Crippen LogP contribution in [0.25, 0.3) is 0 Å². The van der Waals surface area contributed by atoms with Crippen molar-refractivity contribution in [3.8, 4) is 0 Å². The quantitative estimate of drug-likeness (QED) is 0.368. The maximum Gasteiger partial charge on any atom is 0.238 e. The third kappa shape index (κ3) is 2.91. The molecule has 1 atom stereocenters. The number of rotatable bonds is 3. The molecule has 2 nitrogen and oxygen atoms in total. The van der Waals surface area contributed by atoms with E-state index < -0.39 is 5.79 Å². The van der Waals surface area contributed by atoms with Gasteiger partial charge < -0.3 is 0 Å².